The van der Waals surface area contributed by atoms with E-state index in [2.05, 4.69) is 0 Å². The number of hydrogen-bond donors (Lipinski definition) is 1. The van der Waals surface area contributed by atoms with Gasteiger partial charge in [-0.15, -0.1) is 0 Å². The first kappa shape index (κ1) is 12.6. The summed E-state index contributed by atoms with van der Waals surface area (Å²) >= 11 is 0. The van der Waals surface area contributed by atoms with Gasteiger partial charge < -0.3 is 10.0 Å². The van der Waals surface area contributed by atoms with Crippen molar-refractivity contribution < 1.29 is 5.11 Å². The van der Waals surface area contributed by atoms with E-state index in [1.807, 2.05) is 46.7 Å². The normalized spacial score (nSPS) is 10.8. The van der Waals surface area contributed by atoms with E-state index in [9.17, 15) is 0 Å². The maximum absolute atomic E-state index is 8.72. The summed E-state index contributed by atoms with van der Waals surface area (Å²) in [4.78, 5) is 1.99. The molecule has 0 aromatic carbocycles. The number of hydrogen-bond acceptors (Lipinski definition) is 2. The third kappa shape index (κ3) is 4.77. The summed E-state index contributed by atoms with van der Waals surface area (Å²) in [6.07, 6.45) is 0. The second-order valence-electron chi connectivity index (χ2n) is 2.86. The van der Waals surface area contributed by atoms with Crippen LogP contribution in [0.1, 0.15) is 27.7 Å². The predicted molar refractivity (Wildman–Crippen MR) is 46.2 cm³/mol. The minimum absolute atomic E-state index is 0.0694. The third-order valence-corrected chi connectivity index (χ3v) is 1.60. The highest BCUT2D eigenvalue weighted by Gasteiger charge is 2.17. The van der Waals surface area contributed by atoms with Crippen LogP contribution in [-0.2, 0) is 0 Å². The number of rotatable bonds is 2. The van der Waals surface area contributed by atoms with Crippen LogP contribution in [0.5, 0.6) is 0 Å². The molecule has 0 bridgehead atoms. The Kier molecular flexibility index (Phi) is 7.15. The highest BCUT2D eigenvalue weighted by atomic mass is 16.3. The van der Waals surface area contributed by atoms with Crippen LogP contribution in [0.2, 0.25) is 0 Å². The molecule has 0 fully saturated rings. The quantitative estimate of drug-likeness (QED) is 0.637. The zero-order valence-electron chi connectivity index (χ0n) is 8.10. The summed E-state index contributed by atoms with van der Waals surface area (Å²) in [5.74, 6) is 0. The average Bonchev–Trinajstić information content (AvgIpc) is 1.92. The Morgan fingerprint density at radius 3 is 1.50 bits per heavy atom. The number of likely N-dealkylation sites (N-methyl/N-ethyl adjacent to an activating group) is 1. The second kappa shape index (κ2) is 5.69. The van der Waals surface area contributed by atoms with Crippen molar-refractivity contribution in [3.63, 3.8) is 0 Å². The van der Waals surface area contributed by atoms with Gasteiger partial charge in [-0.1, -0.05) is 13.8 Å². The molecule has 0 aliphatic carbocycles. The molecule has 0 radical (unpaired) electrons. The van der Waals surface area contributed by atoms with Gasteiger partial charge in [0.2, 0.25) is 0 Å². The van der Waals surface area contributed by atoms with Gasteiger partial charge in [0.25, 0.3) is 0 Å². The first-order valence-electron chi connectivity index (χ1n) is 3.79. The maximum atomic E-state index is 8.72. The molecule has 10 heavy (non-hydrogen) atoms. The fourth-order valence-electron chi connectivity index (χ4n) is 0.141. The monoisotopic (exact) mass is 147 g/mol. The van der Waals surface area contributed by atoms with Crippen molar-refractivity contribution in [1.29, 1.82) is 0 Å². The van der Waals surface area contributed by atoms with Crippen LogP contribution in [0.15, 0.2) is 0 Å². The van der Waals surface area contributed by atoms with E-state index in [0.717, 1.165) is 0 Å². The molecule has 0 atom stereocenters. The molecule has 1 N–H and O–H groups in total. The van der Waals surface area contributed by atoms with Crippen molar-refractivity contribution in [1.82, 2.24) is 4.90 Å². The first-order chi connectivity index (χ1) is 4.50. The lowest BCUT2D eigenvalue weighted by Gasteiger charge is -2.29. The van der Waals surface area contributed by atoms with Gasteiger partial charge in [0.05, 0.1) is 6.61 Å². The van der Waals surface area contributed by atoms with Crippen LogP contribution in [0, 0.1) is 0 Å². The van der Waals surface area contributed by atoms with Crippen LogP contribution in [0.3, 0.4) is 0 Å². The minimum atomic E-state index is -0.0694. The summed E-state index contributed by atoms with van der Waals surface area (Å²) in [7, 11) is 3.91. The van der Waals surface area contributed by atoms with Crippen molar-refractivity contribution in [3.8, 4) is 0 Å². The topological polar surface area (TPSA) is 23.5 Å². The van der Waals surface area contributed by atoms with E-state index in [1.54, 1.807) is 0 Å². The van der Waals surface area contributed by atoms with E-state index >= 15 is 0 Å². The van der Waals surface area contributed by atoms with Crippen molar-refractivity contribution in [3.05, 3.63) is 0 Å². The average molecular weight is 147 g/mol. The van der Waals surface area contributed by atoms with Crippen LogP contribution in [0.4, 0.5) is 0 Å². The fraction of sp³-hybridized carbons (Fsp3) is 1.00. The van der Waals surface area contributed by atoms with Crippen molar-refractivity contribution in [2.24, 2.45) is 0 Å². The van der Waals surface area contributed by atoms with E-state index in [0.29, 0.717) is 0 Å². The Morgan fingerprint density at radius 1 is 1.20 bits per heavy atom. The first-order valence-corrected chi connectivity index (χ1v) is 3.79. The molecular weight excluding hydrogens is 126 g/mol. The van der Waals surface area contributed by atoms with Crippen LogP contribution < -0.4 is 0 Å². The smallest absolute Gasteiger partial charge is 0.0609 e. The highest BCUT2D eigenvalue weighted by Crippen LogP contribution is 2.06. The Morgan fingerprint density at radius 2 is 1.50 bits per heavy atom. The Hall–Kier alpha value is -0.0800. The summed E-state index contributed by atoms with van der Waals surface area (Å²) in [5.41, 5.74) is -0.0694. The largest absolute Gasteiger partial charge is 0.394 e. The van der Waals surface area contributed by atoms with Gasteiger partial charge >= 0.3 is 0 Å². The summed E-state index contributed by atoms with van der Waals surface area (Å²) < 4.78 is 0. The molecule has 2 nitrogen and oxygen atoms in total. The molecule has 2 heteroatoms. The molecule has 0 heterocycles. The summed E-state index contributed by atoms with van der Waals surface area (Å²) in [6, 6.07) is 0. The van der Waals surface area contributed by atoms with Gasteiger partial charge in [0.1, 0.15) is 0 Å². The number of aliphatic hydroxyl groups is 1. The summed E-state index contributed by atoms with van der Waals surface area (Å²) in [6.45, 7) is 8.19. The zero-order chi connectivity index (χ0) is 8.78. The molecule has 0 unspecified atom stereocenters. The lowest BCUT2D eigenvalue weighted by Crippen LogP contribution is -2.41. The summed E-state index contributed by atoms with van der Waals surface area (Å²) in [5, 5.41) is 8.72. The number of nitrogens with zero attached hydrogens (tertiary/aromatic N) is 1. The predicted octanol–water partition coefficient (Wildman–Crippen LogP) is 1.35. The highest BCUT2D eigenvalue weighted by molar-refractivity contribution is 4.74. The Labute approximate surface area is 64.9 Å². The lowest BCUT2D eigenvalue weighted by atomic mass is 10.1. The maximum Gasteiger partial charge on any atom is 0.0609 e. The molecule has 0 spiro atoms. The van der Waals surface area contributed by atoms with E-state index in [4.69, 9.17) is 5.11 Å². The lowest BCUT2D eigenvalue weighted by molar-refractivity contribution is 0.100. The molecule has 0 saturated heterocycles. The molecule has 64 valence electrons. The van der Waals surface area contributed by atoms with Crippen molar-refractivity contribution >= 4 is 0 Å². The van der Waals surface area contributed by atoms with E-state index in [1.165, 1.54) is 0 Å². The fourth-order valence-corrected chi connectivity index (χ4v) is 0.141. The molecule has 0 aromatic rings. The number of aliphatic hydroxyl groups excluding tert-OH is 1. The Bertz CT molecular complexity index is 69.7. The van der Waals surface area contributed by atoms with Gasteiger partial charge in [0.15, 0.2) is 0 Å². The van der Waals surface area contributed by atoms with Crippen molar-refractivity contribution in [2.45, 2.75) is 33.2 Å². The minimum Gasteiger partial charge on any atom is -0.394 e. The standard InChI is InChI=1S/C6H15NO.C2H6/c1-6(2,5-8)7(3)4;1-2/h8H,5H2,1-4H3;1-2H3. The second-order valence-corrected chi connectivity index (χ2v) is 2.86. The van der Waals surface area contributed by atoms with E-state index in [-0.39, 0.29) is 12.1 Å². The van der Waals surface area contributed by atoms with Gasteiger partial charge in [-0.25, -0.2) is 0 Å². The van der Waals surface area contributed by atoms with Gasteiger partial charge in [-0.2, -0.15) is 0 Å². The van der Waals surface area contributed by atoms with Gasteiger partial charge in [-0.3, -0.25) is 0 Å². The van der Waals surface area contributed by atoms with E-state index < -0.39 is 0 Å². The molecule has 0 aliphatic heterocycles. The van der Waals surface area contributed by atoms with Crippen LogP contribution in [-0.4, -0.2) is 36.2 Å². The molecule has 0 saturated carbocycles. The van der Waals surface area contributed by atoms with Gasteiger partial charge in [0, 0.05) is 5.54 Å². The molecule has 0 aromatic heterocycles. The third-order valence-electron chi connectivity index (χ3n) is 1.60. The molecule has 0 amide bonds. The molecular formula is C8H21NO. The van der Waals surface area contributed by atoms with Gasteiger partial charge in [-0.05, 0) is 27.9 Å². The van der Waals surface area contributed by atoms with Crippen LogP contribution in [0.25, 0.3) is 0 Å². The SMILES string of the molecule is CC.CN(C)C(C)(C)CO. The van der Waals surface area contributed by atoms with Crippen molar-refractivity contribution in [2.75, 3.05) is 20.7 Å². The zero-order valence-corrected chi connectivity index (χ0v) is 8.10. The molecule has 0 rings (SSSR count). The Balaban J connectivity index is 0. The van der Waals surface area contributed by atoms with Crippen LogP contribution >= 0.6 is 0 Å². The molecule has 0 aliphatic rings.